The van der Waals surface area contributed by atoms with Gasteiger partial charge in [-0.2, -0.15) is 0 Å². The van der Waals surface area contributed by atoms with Gasteiger partial charge in [0.2, 0.25) is 5.16 Å². The number of thioether (sulfide) groups is 1. The van der Waals surface area contributed by atoms with Crippen molar-refractivity contribution in [2.75, 3.05) is 12.5 Å². The molecule has 2 saturated carbocycles. The number of hydrogen-bond acceptors (Lipinski definition) is 8. The van der Waals surface area contributed by atoms with Crippen LogP contribution in [0.4, 0.5) is 8.78 Å². The molecule has 1 unspecified atom stereocenters. The smallest absolute Gasteiger partial charge is 0.218 e. The first-order chi connectivity index (χ1) is 28.8. The van der Waals surface area contributed by atoms with Crippen molar-refractivity contribution < 1.29 is 13.0 Å². The van der Waals surface area contributed by atoms with Crippen molar-refractivity contribution >= 4 is 22.6 Å². The molecule has 2 aromatic carbocycles. The first-order valence-corrected chi connectivity index (χ1v) is 23.3. The van der Waals surface area contributed by atoms with E-state index in [1.54, 1.807) is 42.3 Å². The molecular formula is C47H50F2N8OS2. The molecule has 2 aliphatic heterocycles. The van der Waals surface area contributed by atoms with Crippen LogP contribution in [0.5, 0.6) is 0 Å². The second-order valence-electron chi connectivity index (χ2n) is 15.6. The van der Waals surface area contributed by atoms with Gasteiger partial charge in [-0.15, -0.1) is 0 Å². The van der Waals surface area contributed by atoms with Crippen LogP contribution in [0, 0.1) is 11.6 Å². The SMILES string of the molecule is C.CS(=O)c1nccc(-c2c(-c3ccc(F)cc3)nc3n2[C@H](C=C2CCCC2)CC3)n1.CSc1nccc(-c2c(-c3ccc(F)cc3)nc3n2[C@H](C=C2CCCC2)CC3)n1. The van der Waals surface area contributed by atoms with E-state index in [-0.39, 0.29) is 25.1 Å². The van der Waals surface area contributed by atoms with Crippen molar-refractivity contribution in [3.05, 3.63) is 120 Å². The van der Waals surface area contributed by atoms with Crippen molar-refractivity contribution in [1.29, 1.82) is 0 Å². The van der Waals surface area contributed by atoms with Crippen LogP contribution in [0.15, 0.2) is 107 Å². The molecule has 60 heavy (non-hydrogen) atoms. The lowest BCUT2D eigenvalue weighted by Crippen LogP contribution is -2.06. The van der Waals surface area contributed by atoms with Gasteiger partial charge in [0.15, 0.2) is 5.16 Å². The van der Waals surface area contributed by atoms with Gasteiger partial charge in [-0.3, -0.25) is 4.21 Å². The predicted octanol–water partition coefficient (Wildman–Crippen LogP) is 11.4. The summed E-state index contributed by atoms with van der Waals surface area (Å²) in [6.07, 6.45) is 25.7. The largest absolute Gasteiger partial charge is 0.319 e. The van der Waals surface area contributed by atoms with Gasteiger partial charge in [0.05, 0.1) is 57.0 Å². The molecule has 0 bridgehead atoms. The average molecular weight is 845 g/mol. The van der Waals surface area contributed by atoms with Crippen LogP contribution in [0.25, 0.3) is 45.3 Å². The van der Waals surface area contributed by atoms with Crippen molar-refractivity contribution in [2.24, 2.45) is 0 Å². The predicted molar refractivity (Wildman–Crippen MR) is 236 cm³/mol. The summed E-state index contributed by atoms with van der Waals surface area (Å²) in [5.41, 5.74) is 9.99. The summed E-state index contributed by atoms with van der Waals surface area (Å²) in [5.74, 6) is 1.59. The van der Waals surface area contributed by atoms with Gasteiger partial charge in [-0.1, -0.05) is 42.5 Å². The van der Waals surface area contributed by atoms with Gasteiger partial charge < -0.3 is 9.13 Å². The molecule has 0 N–H and O–H groups in total. The molecule has 0 amide bonds. The number of aromatic nitrogens is 8. The van der Waals surface area contributed by atoms with E-state index in [2.05, 4.69) is 36.2 Å². The molecule has 4 aliphatic rings. The fourth-order valence-electron chi connectivity index (χ4n) is 8.98. The summed E-state index contributed by atoms with van der Waals surface area (Å²) in [4.78, 5) is 27.8. The molecule has 2 aliphatic carbocycles. The lowest BCUT2D eigenvalue weighted by Gasteiger charge is -2.15. The van der Waals surface area contributed by atoms with Crippen LogP contribution in [0.3, 0.4) is 0 Å². The Morgan fingerprint density at radius 3 is 1.53 bits per heavy atom. The fourth-order valence-corrected chi connectivity index (χ4v) is 9.77. The Bertz CT molecular complexity index is 2570. The fraction of sp³-hybridized carbons (Fsp3) is 0.362. The van der Waals surface area contributed by atoms with Gasteiger partial charge >= 0.3 is 0 Å². The highest BCUT2D eigenvalue weighted by atomic mass is 32.2. The van der Waals surface area contributed by atoms with Crippen molar-refractivity contribution in [2.45, 2.75) is 107 Å². The Morgan fingerprint density at radius 2 is 1.08 bits per heavy atom. The second-order valence-corrected chi connectivity index (χ2v) is 17.6. The Balaban J connectivity index is 0.000000164. The molecule has 13 heteroatoms. The second kappa shape index (κ2) is 18.2. The summed E-state index contributed by atoms with van der Waals surface area (Å²) in [5, 5.41) is 1.05. The number of aryl methyl sites for hydroxylation is 2. The van der Waals surface area contributed by atoms with Crippen LogP contribution < -0.4 is 0 Å². The summed E-state index contributed by atoms with van der Waals surface area (Å²) < 4.78 is 43.7. The molecule has 0 spiro atoms. The third-order valence-corrected chi connectivity index (χ3v) is 13.0. The summed E-state index contributed by atoms with van der Waals surface area (Å²) in [7, 11) is -1.28. The number of allylic oxidation sites excluding steroid dienone is 4. The lowest BCUT2D eigenvalue weighted by molar-refractivity contribution is 0.627. The third kappa shape index (κ3) is 8.56. The Hall–Kier alpha value is -5.14. The normalized spacial score (nSPS) is 18.4. The van der Waals surface area contributed by atoms with Crippen LogP contribution in [0.1, 0.15) is 95.4 Å². The molecule has 3 atom stereocenters. The van der Waals surface area contributed by atoms with Crippen molar-refractivity contribution in [3.63, 3.8) is 0 Å². The van der Waals surface area contributed by atoms with E-state index in [1.165, 1.54) is 93.0 Å². The maximum atomic E-state index is 13.5. The van der Waals surface area contributed by atoms with Gasteiger partial charge in [-0.05, 0) is 131 Å². The number of imidazole rings is 2. The van der Waals surface area contributed by atoms with E-state index in [0.29, 0.717) is 16.9 Å². The van der Waals surface area contributed by atoms with E-state index < -0.39 is 10.8 Å². The van der Waals surface area contributed by atoms with Crippen molar-refractivity contribution in [1.82, 2.24) is 39.0 Å². The van der Waals surface area contributed by atoms with E-state index in [9.17, 15) is 13.0 Å². The lowest BCUT2D eigenvalue weighted by atomic mass is 10.1. The first kappa shape index (κ1) is 41.6. The number of nitrogens with zero attached hydrogens (tertiary/aromatic N) is 8. The molecular weight excluding hydrogens is 795 g/mol. The zero-order chi connectivity index (χ0) is 40.5. The molecule has 0 saturated heterocycles. The van der Waals surface area contributed by atoms with E-state index in [0.717, 1.165) is 82.1 Å². The summed E-state index contributed by atoms with van der Waals surface area (Å²) >= 11 is 1.53. The van der Waals surface area contributed by atoms with Gasteiger partial charge in [0, 0.05) is 42.6 Å². The quantitative estimate of drug-likeness (QED) is 0.0847. The van der Waals surface area contributed by atoms with Gasteiger partial charge in [-0.25, -0.2) is 38.7 Å². The Morgan fingerprint density at radius 1 is 0.633 bits per heavy atom. The van der Waals surface area contributed by atoms with Crippen LogP contribution >= 0.6 is 11.8 Å². The molecule has 9 nitrogen and oxygen atoms in total. The zero-order valence-electron chi connectivity index (χ0n) is 33.3. The third-order valence-electron chi connectivity index (χ3n) is 11.7. The van der Waals surface area contributed by atoms with E-state index in [4.69, 9.17) is 15.0 Å². The summed E-state index contributed by atoms with van der Waals surface area (Å²) in [6, 6.07) is 17.3. The van der Waals surface area contributed by atoms with Crippen molar-refractivity contribution in [3.8, 4) is 45.3 Å². The Labute approximate surface area is 357 Å². The number of halogens is 2. The average Bonchev–Trinajstić information content (AvgIpc) is 4.12. The number of hydrogen-bond donors (Lipinski definition) is 0. The minimum Gasteiger partial charge on any atom is -0.319 e. The monoisotopic (exact) mass is 844 g/mol. The van der Waals surface area contributed by atoms with Crippen LogP contribution in [-0.4, -0.2) is 55.8 Å². The van der Waals surface area contributed by atoms with Gasteiger partial charge in [0.1, 0.15) is 23.3 Å². The highest BCUT2D eigenvalue weighted by Gasteiger charge is 2.32. The topological polar surface area (TPSA) is 104 Å². The molecule has 10 rings (SSSR count). The highest BCUT2D eigenvalue weighted by molar-refractivity contribution is 7.98. The van der Waals surface area contributed by atoms with Gasteiger partial charge in [0.25, 0.3) is 0 Å². The maximum absolute atomic E-state index is 13.5. The number of rotatable bonds is 8. The number of fused-ring (bicyclic) bond motifs is 2. The summed E-state index contributed by atoms with van der Waals surface area (Å²) in [6.45, 7) is 0. The van der Waals surface area contributed by atoms with E-state index >= 15 is 0 Å². The van der Waals surface area contributed by atoms with E-state index in [1.807, 2.05) is 24.6 Å². The first-order valence-electron chi connectivity index (χ1n) is 20.5. The van der Waals surface area contributed by atoms with Crippen LogP contribution in [-0.2, 0) is 23.6 Å². The zero-order valence-corrected chi connectivity index (χ0v) is 34.9. The molecule has 2 fully saturated rings. The molecule has 6 aromatic rings. The molecule has 310 valence electrons. The standard InChI is InChI=1S/C23H23FN4OS.C23H23FN4S.CH4/c1-30(29)23-25-13-12-19(26-23)22-21(16-6-8-17(24)9-7-16)27-20-11-10-18(28(20)22)14-15-4-2-3-5-15;1-29-23-25-13-12-19(26-23)22-21(16-6-8-17(24)9-7-16)27-20-11-10-18(28(20)22)14-15-4-2-3-5-15;/h6-9,12-14,18H,2-5,10-11H2,1H3;6-9,12-14,18H,2-5,10-11H2,1H3;1H4/t18-,30?;18-;/m00./s1. The maximum Gasteiger partial charge on any atom is 0.218 e. The number of benzene rings is 2. The molecule has 6 heterocycles. The molecule has 0 radical (unpaired) electrons. The molecule has 4 aromatic heterocycles. The van der Waals surface area contributed by atoms with Crippen LogP contribution in [0.2, 0.25) is 0 Å². The highest BCUT2D eigenvalue weighted by Crippen LogP contribution is 2.43. The Kier molecular flexibility index (Phi) is 12.6. The minimum absolute atomic E-state index is 0. The minimum atomic E-state index is -1.28.